The molecule has 18 heavy (non-hydrogen) atoms. The van der Waals surface area contributed by atoms with Gasteiger partial charge in [0.2, 0.25) is 0 Å². The predicted octanol–water partition coefficient (Wildman–Crippen LogP) is 3.58. The molecule has 2 aromatic rings. The van der Waals surface area contributed by atoms with E-state index in [0.29, 0.717) is 10.7 Å². The van der Waals surface area contributed by atoms with Crippen LogP contribution in [0.15, 0.2) is 41.8 Å². The maximum absolute atomic E-state index is 9.79. The lowest BCUT2D eigenvalue weighted by Crippen LogP contribution is -1.99. The lowest BCUT2D eigenvalue weighted by atomic mass is 10.1. The maximum Gasteiger partial charge on any atom is 0.131 e. The van der Waals surface area contributed by atoms with Crippen molar-refractivity contribution in [3.8, 4) is 16.6 Å². The van der Waals surface area contributed by atoms with Gasteiger partial charge < -0.3 is 5.11 Å². The van der Waals surface area contributed by atoms with Crippen LogP contribution in [0.5, 0.6) is 0 Å². The van der Waals surface area contributed by atoms with E-state index in [9.17, 15) is 5.11 Å². The van der Waals surface area contributed by atoms with Gasteiger partial charge in [-0.15, -0.1) is 11.3 Å². The molecule has 1 N–H and O–H groups in total. The number of nitrogens with zero attached hydrogens (tertiary/aromatic N) is 2. The third kappa shape index (κ3) is 2.59. The van der Waals surface area contributed by atoms with Crippen LogP contribution in [-0.4, -0.2) is 10.1 Å². The summed E-state index contributed by atoms with van der Waals surface area (Å²) in [5.74, 6) is 0. The van der Waals surface area contributed by atoms with E-state index < -0.39 is 6.10 Å². The fourth-order valence-corrected chi connectivity index (χ4v) is 2.35. The summed E-state index contributed by atoms with van der Waals surface area (Å²) in [6, 6.07) is 9.10. The largest absolute Gasteiger partial charge is 0.381 e. The zero-order valence-corrected chi connectivity index (χ0v) is 10.9. The van der Waals surface area contributed by atoms with Crippen LogP contribution < -0.4 is 0 Å². The molecule has 0 fully saturated rings. The molecule has 0 spiro atoms. The Bertz CT molecular complexity index is 613. The Morgan fingerprint density at radius 1 is 1.44 bits per heavy atom. The lowest BCUT2D eigenvalue weighted by Gasteiger charge is -2.03. The molecular weight excluding hydrogens is 268 g/mol. The smallest absolute Gasteiger partial charge is 0.131 e. The molecule has 0 saturated heterocycles. The number of hydrogen-bond acceptors (Lipinski definition) is 4. The van der Waals surface area contributed by atoms with E-state index >= 15 is 0 Å². The van der Waals surface area contributed by atoms with Gasteiger partial charge in [-0.25, -0.2) is 4.98 Å². The molecule has 0 aliphatic heterocycles. The second kappa shape index (κ2) is 5.32. The number of benzene rings is 1. The Kier molecular flexibility index (Phi) is 3.78. The van der Waals surface area contributed by atoms with Crippen LogP contribution in [0.4, 0.5) is 0 Å². The van der Waals surface area contributed by atoms with E-state index in [1.165, 1.54) is 11.3 Å². The van der Waals surface area contributed by atoms with Gasteiger partial charge in [-0.05, 0) is 12.1 Å². The molecule has 1 aromatic heterocycles. The van der Waals surface area contributed by atoms with Crippen molar-refractivity contribution in [1.29, 1.82) is 5.26 Å². The van der Waals surface area contributed by atoms with Gasteiger partial charge in [0.05, 0.1) is 17.3 Å². The van der Waals surface area contributed by atoms with E-state index in [4.69, 9.17) is 16.9 Å². The van der Waals surface area contributed by atoms with Crippen LogP contribution in [0.1, 0.15) is 11.8 Å². The summed E-state index contributed by atoms with van der Waals surface area (Å²) < 4.78 is 0. The second-order valence-corrected chi connectivity index (χ2v) is 4.92. The molecule has 0 aliphatic rings. The first-order valence-corrected chi connectivity index (χ1v) is 6.36. The monoisotopic (exact) mass is 276 g/mol. The van der Waals surface area contributed by atoms with Gasteiger partial charge in [0.25, 0.3) is 0 Å². The molecule has 1 atom stereocenters. The minimum absolute atomic E-state index is 0.0861. The van der Waals surface area contributed by atoms with E-state index in [1.54, 1.807) is 17.5 Å². The molecule has 1 heterocycles. The van der Waals surface area contributed by atoms with Gasteiger partial charge in [0.15, 0.2) is 0 Å². The van der Waals surface area contributed by atoms with Gasteiger partial charge in [0, 0.05) is 16.0 Å². The minimum atomic E-state index is -1.03. The number of aromatic nitrogens is 1. The van der Waals surface area contributed by atoms with Crippen molar-refractivity contribution in [2.45, 2.75) is 6.10 Å². The minimum Gasteiger partial charge on any atom is -0.381 e. The Balaban J connectivity index is 2.28. The Morgan fingerprint density at radius 2 is 2.11 bits per heavy atom. The van der Waals surface area contributed by atoms with Crippen molar-refractivity contribution in [1.82, 2.24) is 4.98 Å². The molecule has 2 rings (SSSR count). The van der Waals surface area contributed by atoms with E-state index in [0.717, 1.165) is 10.6 Å². The number of thiazole rings is 1. The van der Waals surface area contributed by atoms with Gasteiger partial charge in [-0.3, -0.25) is 0 Å². The van der Waals surface area contributed by atoms with Crippen LogP contribution >= 0.6 is 22.9 Å². The van der Waals surface area contributed by atoms with Crippen LogP contribution in [0.25, 0.3) is 10.6 Å². The summed E-state index contributed by atoms with van der Waals surface area (Å²) in [6.07, 6.45) is -1.03. The Labute approximate surface area is 114 Å². The van der Waals surface area contributed by atoms with Crippen LogP contribution in [-0.2, 0) is 0 Å². The van der Waals surface area contributed by atoms with Crippen LogP contribution in [0.2, 0.25) is 5.02 Å². The molecule has 0 amide bonds. The average molecular weight is 277 g/mol. The summed E-state index contributed by atoms with van der Waals surface area (Å²) in [7, 11) is 0. The van der Waals surface area contributed by atoms with Gasteiger partial charge in [0.1, 0.15) is 11.1 Å². The van der Waals surface area contributed by atoms with Crippen molar-refractivity contribution in [2.24, 2.45) is 0 Å². The predicted molar refractivity (Wildman–Crippen MR) is 72.3 cm³/mol. The molecule has 3 nitrogen and oxygen atoms in total. The highest BCUT2D eigenvalue weighted by molar-refractivity contribution is 7.13. The van der Waals surface area contributed by atoms with Crippen LogP contribution in [0.3, 0.4) is 0 Å². The van der Waals surface area contributed by atoms with Gasteiger partial charge >= 0.3 is 0 Å². The first-order valence-electron chi connectivity index (χ1n) is 5.10. The maximum atomic E-state index is 9.79. The molecule has 0 bridgehead atoms. The van der Waals surface area contributed by atoms with Crippen molar-refractivity contribution in [3.05, 3.63) is 52.5 Å². The van der Waals surface area contributed by atoms with Crippen molar-refractivity contribution >= 4 is 22.9 Å². The van der Waals surface area contributed by atoms with E-state index in [2.05, 4.69) is 11.6 Å². The number of aliphatic hydroxyl groups excluding tert-OH is 1. The van der Waals surface area contributed by atoms with E-state index in [1.807, 2.05) is 18.2 Å². The second-order valence-electron chi connectivity index (χ2n) is 3.62. The number of aliphatic hydroxyl groups is 1. The highest BCUT2D eigenvalue weighted by Gasteiger charge is 2.15. The van der Waals surface area contributed by atoms with Gasteiger partial charge in [-0.1, -0.05) is 30.3 Å². The standard InChI is InChI=1S/C13H9ClN2OS/c1-8(6-15)12(17)11-7-18-13(16-11)9-2-4-10(14)5-3-9/h2-5,7,12,17H,1H2. The summed E-state index contributed by atoms with van der Waals surface area (Å²) in [6.45, 7) is 3.48. The Hall–Kier alpha value is -1.67. The highest BCUT2D eigenvalue weighted by Crippen LogP contribution is 2.29. The number of hydrogen-bond donors (Lipinski definition) is 1. The molecular formula is C13H9ClN2OS. The van der Waals surface area contributed by atoms with Crippen molar-refractivity contribution < 1.29 is 5.11 Å². The topological polar surface area (TPSA) is 56.9 Å². The van der Waals surface area contributed by atoms with Crippen LogP contribution in [0, 0.1) is 11.3 Å². The molecule has 5 heteroatoms. The zero-order chi connectivity index (χ0) is 13.1. The summed E-state index contributed by atoms with van der Waals surface area (Å²) in [5, 5.41) is 21.6. The average Bonchev–Trinajstić information content (AvgIpc) is 2.87. The first kappa shape index (κ1) is 12.8. The lowest BCUT2D eigenvalue weighted by molar-refractivity contribution is 0.217. The number of rotatable bonds is 3. The highest BCUT2D eigenvalue weighted by atomic mass is 35.5. The summed E-state index contributed by atoms with van der Waals surface area (Å²) in [5.41, 5.74) is 1.45. The van der Waals surface area contributed by atoms with Gasteiger partial charge in [-0.2, -0.15) is 5.26 Å². The number of nitriles is 1. The quantitative estimate of drug-likeness (QED) is 0.872. The molecule has 0 saturated carbocycles. The van der Waals surface area contributed by atoms with E-state index in [-0.39, 0.29) is 5.57 Å². The zero-order valence-electron chi connectivity index (χ0n) is 9.30. The number of halogens is 1. The normalized spacial score (nSPS) is 11.8. The third-order valence-electron chi connectivity index (χ3n) is 2.37. The molecule has 0 radical (unpaired) electrons. The molecule has 0 aliphatic carbocycles. The van der Waals surface area contributed by atoms with Crippen molar-refractivity contribution in [3.63, 3.8) is 0 Å². The molecule has 1 aromatic carbocycles. The fraction of sp³-hybridized carbons (Fsp3) is 0.0769. The molecule has 90 valence electrons. The first-order chi connectivity index (χ1) is 8.61. The Morgan fingerprint density at radius 3 is 2.72 bits per heavy atom. The fourth-order valence-electron chi connectivity index (χ4n) is 1.38. The SMILES string of the molecule is C=C(C#N)C(O)c1csc(-c2ccc(Cl)cc2)n1. The summed E-state index contributed by atoms with van der Waals surface area (Å²) >= 11 is 7.21. The summed E-state index contributed by atoms with van der Waals surface area (Å²) in [4.78, 5) is 4.29. The molecule has 1 unspecified atom stereocenters. The third-order valence-corrected chi connectivity index (χ3v) is 3.53. The van der Waals surface area contributed by atoms with Crippen molar-refractivity contribution in [2.75, 3.05) is 0 Å².